The molecule has 8 heteroatoms. The Morgan fingerprint density at radius 1 is 1.33 bits per heavy atom. The van der Waals surface area contributed by atoms with E-state index in [2.05, 4.69) is 15.6 Å². The van der Waals surface area contributed by atoms with Gasteiger partial charge in [0.25, 0.3) is 0 Å². The number of hydrogen-bond acceptors (Lipinski definition) is 4. The molecule has 0 saturated heterocycles. The third-order valence-electron chi connectivity index (χ3n) is 2.56. The number of nitrogens with one attached hydrogen (secondary N) is 2. The van der Waals surface area contributed by atoms with E-state index in [-0.39, 0.29) is 18.1 Å². The predicted molar refractivity (Wildman–Crippen MR) is 73.1 cm³/mol. The summed E-state index contributed by atoms with van der Waals surface area (Å²) >= 11 is 0. The number of nitrogens with zero attached hydrogens (tertiary/aromatic N) is 2. The van der Waals surface area contributed by atoms with Crippen molar-refractivity contribution in [2.45, 2.75) is 6.54 Å². The summed E-state index contributed by atoms with van der Waals surface area (Å²) in [5.74, 6) is -0.561. The molecule has 0 aliphatic carbocycles. The summed E-state index contributed by atoms with van der Waals surface area (Å²) < 4.78 is 13.0. The van der Waals surface area contributed by atoms with Gasteiger partial charge in [0.05, 0.1) is 4.92 Å². The average molecular weight is 290 g/mol. The number of anilines is 1. The first-order valence-corrected chi connectivity index (χ1v) is 5.95. The maximum absolute atomic E-state index is 13.0. The number of carbonyl (C=O) groups excluding carboxylic acids is 1. The van der Waals surface area contributed by atoms with E-state index in [0.29, 0.717) is 5.56 Å². The van der Waals surface area contributed by atoms with Crippen molar-refractivity contribution in [1.82, 2.24) is 10.3 Å². The van der Waals surface area contributed by atoms with Crippen LogP contribution < -0.4 is 10.6 Å². The maximum Gasteiger partial charge on any atom is 0.320 e. The van der Waals surface area contributed by atoms with E-state index in [1.54, 1.807) is 6.07 Å². The van der Waals surface area contributed by atoms with Crippen LogP contribution in [-0.4, -0.2) is 15.9 Å². The highest BCUT2D eigenvalue weighted by atomic mass is 19.1. The highest BCUT2D eigenvalue weighted by Gasteiger charge is 2.16. The zero-order valence-electron chi connectivity index (χ0n) is 10.7. The molecule has 7 nitrogen and oxygen atoms in total. The quantitative estimate of drug-likeness (QED) is 0.667. The number of nitro groups is 1. The van der Waals surface area contributed by atoms with Crippen molar-refractivity contribution >= 4 is 17.5 Å². The lowest BCUT2D eigenvalue weighted by atomic mass is 10.2. The van der Waals surface area contributed by atoms with Crippen LogP contribution in [0, 0.1) is 15.9 Å². The lowest BCUT2D eigenvalue weighted by molar-refractivity contribution is -0.384. The molecule has 1 aromatic heterocycles. The zero-order chi connectivity index (χ0) is 15.2. The van der Waals surface area contributed by atoms with Crippen LogP contribution in [0.2, 0.25) is 0 Å². The van der Waals surface area contributed by atoms with Gasteiger partial charge in [-0.3, -0.25) is 15.4 Å². The summed E-state index contributed by atoms with van der Waals surface area (Å²) in [5, 5.41) is 15.5. The fourth-order valence-electron chi connectivity index (χ4n) is 1.62. The number of aromatic nitrogens is 1. The summed E-state index contributed by atoms with van der Waals surface area (Å²) in [6.45, 7) is 0.0875. The number of pyridine rings is 1. The smallest absolute Gasteiger partial charge is 0.320 e. The molecule has 2 rings (SSSR count). The fourth-order valence-corrected chi connectivity index (χ4v) is 1.62. The molecule has 0 aliphatic heterocycles. The Morgan fingerprint density at radius 3 is 2.86 bits per heavy atom. The van der Waals surface area contributed by atoms with Crippen molar-refractivity contribution in [2.24, 2.45) is 0 Å². The second-order valence-electron chi connectivity index (χ2n) is 4.07. The molecule has 108 valence electrons. The van der Waals surface area contributed by atoms with Gasteiger partial charge in [-0.15, -0.1) is 0 Å². The summed E-state index contributed by atoms with van der Waals surface area (Å²) in [5.41, 5.74) is 0.263. The van der Waals surface area contributed by atoms with Gasteiger partial charge in [0.2, 0.25) is 5.82 Å². The molecule has 0 atom stereocenters. The van der Waals surface area contributed by atoms with Gasteiger partial charge < -0.3 is 5.32 Å². The van der Waals surface area contributed by atoms with Gasteiger partial charge in [0, 0.05) is 18.8 Å². The molecule has 1 aromatic carbocycles. The molecule has 2 aromatic rings. The summed E-state index contributed by atoms with van der Waals surface area (Å²) in [6.07, 6.45) is 1.33. The van der Waals surface area contributed by atoms with Gasteiger partial charge in [-0.2, -0.15) is 0 Å². The summed E-state index contributed by atoms with van der Waals surface area (Å²) in [6, 6.07) is 7.70. The molecule has 0 saturated carbocycles. The molecule has 0 bridgehead atoms. The van der Waals surface area contributed by atoms with Crippen molar-refractivity contribution < 1.29 is 14.1 Å². The van der Waals surface area contributed by atoms with Crippen LogP contribution in [0.25, 0.3) is 0 Å². The highest BCUT2D eigenvalue weighted by molar-refractivity contribution is 5.90. The van der Waals surface area contributed by atoms with Crippen molar-refractivity contribution in [3.63, 3.8) is 0 Å². The number of halogens is 1. The Bertz CT molecular complexity index is 678. The van der Waals surface area contributed by atoms with Gasteiger partial charge in [-0.1, -0.05) is 12.1 Å². The Hall–Kier alpha value is -3.03. The molecular weight excluding hydrogens is 279 g/mol. The standard InChI is InChI=1S/C13H11FN4O3/c14-10-4-1-3-9(7-10)8-16-13(19)17-12-11(18(20)21)5-2-6-15-12/h1-7H,8H2,(H2,15,16,17,19). The van der Waals surface area contributed by atoms with E-state index >= 15 is 0 Å². The Balaban J connectivity index is 1.98. The number of rotatable bonds is 4. The predicted octanol–water partition coefficient (Wildman–Crippen LogP) is 2.45. The van der Waals surface area contributed by atoms with E-state index in [1.165, 1.54) is 36.5 Å². The zero-order valence-corrected chi connectivity index (χ0v) is 10.7. The van der Waals surface area contributed by atoms with Crippen LogP contribution in [0.5, 0.6) is 0 Å². The first-order valence-electron chi connectivity index (χ1n) is 5.95. The molecule has 0 aliphatic rings. The molecule has 2 N–H and O–H groups in total. The van der Waals surface area contributed by atoms with Crippen LogP contribution in [0.3, 0.4) is 0 Å². The second kappa shape index (κ2) is 6.42. The van der Waals surface area contributed by atoms with E-state index < -0.39 is 16.8 Å². The Kier molecular flexibility index (Phi) is 4.39. The maximum atomic E-state index is 13.0. The van der Waals surface area contributed by atoms with Gasteiger partial charge in [-0.05, 0) is 23.8 Å². The van der Waals surface area contributed by atoms with Crippen molar-refractivity contribution in [1.29, 1.82) is 0 Å². The normalized spacial score (nSPS) is 9.95. The van der Waals surface area contributed by atoms with Crippen LogP contribution in [-0.2, 0) is 6.54 Å². The first-order chi connectivity index (χ1) is 10.1. The third-order valence-corrected chi connectivity index (χ3v) is 2.56. The number of benzene rings is 1. The molecule has 0 spiro atoms. The molecule has 0 fully saturated rings. The van der Waals surface area contributed by atoms with Gasteiger partial charge in [0.1, 0.15) is 5.82 Å². The van der Waals surface area contributed by atoms with Gasteiger partial charge >= 0.3 is 11.7 Å². The third kappa shape index (κ3) is 3.96. The Labute approximate surface area is 119 Å². The van der Waals surface area contributed by atoms with Crippen LogP contribution in [0.1, 0.15) is 5.56 Å². The number of urea groups is 1. The van der Waals surface area contributed by atoms with E-state index in [4.69, 9.17) is 0 Å². The lowest BCUT2D eigenvalue weighted by Crippen LogP contribution is -2.28. The van der Waals surface area contributed by atoms with Crippen molar-refractivity contribution in [2.75, 3.05) is 5.32 Å². The van der Waals surface area contributed by atoms with E-state index in [9.17, 15) is 19.3 Å². The minimum absolute atomic E-state index is 0.0875. The van der Waals surface area contributed by atoms with E-state index in [1.807, 2.05) is 0 Å². The van der Waals surface area contributed by atoms with Gasteiger partial charge in [0.15, 0.2) is 0 Å². The van der Waals surface area contributed by atoms with Crippen LogP contribution in [0.4, 0.5) is 20.7 Å². The largest absolute Gasteiger partial charge is 0.334 e. The average Bonchev–Trinajstić information content (AvgIpc) is 2.45. The van der Waals surface area contributed by atoms with Crippen LogP contribution in [0.15, 0.2) is 42.6 Å². The lowest BCUT2D eigenvalue weighted by Gasteiger charge is -2.07. The topological polar surface area (TPSA) is 97.2 Å². The molecule has 2 amide bonds. The molecule has 0 unspecified atom stereocenters. The number of carbonyl (C=O) groups is 1. The minimum atomic E-state index is -0.666. The SMILES string of the molecule is O=C(NCc1cccc(F)c1)Nc1ncccc1[N+](=O)[O-]. The van der Waals surface area contributed by atoms with Crippen molar-refractivity contribution in [3.05, 3.63) is 64.1 Å². The molecule has 21 heavy (non-hydrogen) atoms. The van der Waals surface area contributed by atoms with Crippen molar-refractivity contribution in [3.8, 4) is 0 Å². The number of hydrogen-bond donors (Lipinski definition) is 2. The number of amides is 2. The van der Waals surface area contributed by atoms with E-state index in [0.717, 1.165) is 0 Å². The monoisotopic (exact) mass is 290 g/mol. The summed E-state index contributed by atoms with van der Waals surface area (Å²) in [4.78, 5) is 25.5. The molecule has 0 radical (unpaired) electrons. The highest BCUT2D eigenvalue weighted by Crippen LogP contribution is 2.19. The first kappa shape index (κ1) is 14.4. The Morgan fingerprint density at radius 2 is 2.14 bits per heavy atom. The molecule has 1 heterocycles. The summed E-state index contributed by atoms with van der Waals surface area (Å²) in [7, 11) is 0. The van der Waals surface area contributed by atoms with Crippen LogP contribution >= 0.6 is 0 Å². The second-order valence-corrected chi connectivity index (χ2v) is 4.07. The molecular formula is C13H11FN4O3. The fraction of sp³-hybridized carbons (Fsp3) is 0.0769. The minimum Gasteiger partial charge on any atom is -0.334 e. The van der Waals surface area contributed by atoms with Gasteiger partial charge in [-0.25, -0.2) is 14.2 Å².